The molecular weight excluding hydrogens is 278 g/mol. The van der Waals surface area contributed by atoms with Crippen molar-refractivity contribution >= 4 is 21.8 Å². The Kier molecular flexibility index (Phi) is 2.95. The first-order chi connectivity index (χ1) is 8.25. The lowest BCUT2D eigenvalue weighted by Gasteiger charge is -2.25. The first kappa shape index (κ1) is 11.3. The van der Waals surface area contributed by atoms with E-state index in [9.17, 15) is 4.79 Å². The van der Waals surface area contributed by atoms with Gasteiger partial charge >= 0.3 is 0 Å². The van der Waals surface area contributed by atoms with Crippen molar-refractivity contribution in [1.29, 1.82) is 0 Å². The summed E-state index contributed by atoms with van der Waals surface area (Å²) in [5.74, 6) is 0.724. The van der Waals surface area contributed by atoms with Gasteiger partial charge in [0, 0.05) is 16.9 Å². The number of rotatable bonds is 2. The molecule has 1 unspecified atom stereocenters. The summed E-state index contributed by atoms with van der Waals surface area (Å²) in [7, 11) is 0. The Morgan fingerprint density at radius 2 is 1.88 bits per heavy atom. The molecule has 2 aliphatic rings. The number of amides is 1. The molecule has 1 aliphatic heterocycles. The van der Waals surface area contributed by atoms with Crippen LogP contribution in [0.2, 0.25) is 0 Å². The third kappa shape index (κ3) is 2.25. The second kappa shape index (κ2) is 4.45. The summed E-state index contributed by atoms with van der Waals surface area (Å²) in [5, 5.41) is 0. The van der Waals surface area contributed by atoms with E-state index >= 15 is 0 Å². The average Bonchev–Trinajstić information content (AvgIpc) is 3.07. The lowest BCUT2D eigenvalue weighted by molar-refractivity contribution is -0.133. The molecule has 17 heavy (non-hydrogen) atoms. The van der Waals surface area contributed by atoms with E-state index in [1.54, 1.807) is 0 Å². The summed E-state index contributed by atoms with van der Waals surface area (Å²) < 4.78 is 1.10. The zero-order valence-corrected chi connectivity index (χ0v) is 11.3. The van der Waals surface area contributed by atoms with Gasteiger partial charge in [-0.2, -0.15) is 0 Å². The first-order valence-electron chi connectivity index (χ1n) is 6.31. The molecule has 1 atom stereocenters. The van der Waals surface area contributed by atoms with Crippen LogP contribution in [0.1, 0.15) is 37.3 Å². The van der Waals surface area contributed by atoms with Crippen molar-refractivity contribution in [3.8, 4) is 0 Å². The molecule has 1 heterocycles. The van der Waals surface area contributed by atoms with Crippen LogP contribution in [-0.4, -0.2) is 17.4 Å². The molecule has 1 aliphatic carbocycles. The Bertz CT molecular complexity index is 424. The van der Waals surface area contributed by atoms with Crippen LogP contribution in [0.15, 0.2) is 28.7 Å². The summed E-state index contributed by atoms with van der Waals surface area (Å²) in [6.45, 7) is 0.941. The van der Waals surface area contributed by atoms with Crippen LogP contribution >= 0.6 is 15.9 Å². The zero-order valence-electron chi connectivity index (χ0n) is 9.73. The molecular formula is C14H16BrNO. The molecule has 90 valence electrons. The molecule has 0 aromatic heterocycles. The van der Waals surface area contributed by atoms with Crippen molar-refractivity contribution in [1.82, 2.24) is 4.90 Å². The highest BCUT2D eigenvalue weighted by molar-refractivity contribution is 9.10. The predicted molar refractivity (Wildman–Crippen MR) is 70.6 cm³/mol. The number of hydrogen-bond acceptors (Lipinski definition) is 1. The lowest BCUT2D eigenvalue weighted by Crippen LogP contribution is -2.31. The fourth-order valence-electron chi connectivity index (χ4n) is 2.63. The van der Waals surface area contributed by atoms with Gasteiger partial charge in [-0.3, -0.25) is 4.79 Å². The maximum absolute atomic E-state index is 12.2. The predicted octanol–water partition coefficient (Wildman–Crippen LogP) is 3.52. The molecule has 1 aromatic carbocycles. The third-order valence-corrected chi connectivity index (χ3v) is 4.25. The fourth-order valence-corrected chi connectivity index (χ4v) is 2.89. The van der Waals surface area contributed by atoms with Crippen molar-refractivity contribution in [2.45, 2.75) is 31.7 Å². The van der Waals surface area contributed by atoms with Gasteiger partial charge in [-0.25, -0.2) is 0 Å². The molecule has 3 heteroatoms. The fraction of sp³-hybridized carbons (Fsp3) is 0.500. The highest BCUT2D eigenvalue weighted by atomic mass is 79.9. The van der Waals surface area contributed by atoms with E-state index in [-0.39, 0.29) is 0 Å². The average molecular weight is 294 g/mol. The van der Waals surface area contributed by atoms with Gasteiger partial charge in [0.2, 0.25) is 5.91 Å². The molecule has 1 saturated heterocycles. The molecule has 0 spiro atoms. The zero-order chi connectivity index (χ0) is 11.8. The van der Waals surface area contributed by atoms with Gasteiger partial charge in [-0.05, 0) is 43.4 Å². The molecule has 1 amide bonds. The van der Waals surface area contributed by atoms with E-state index in [0.29, 0.717) is 17.9 Å². The van der Waals surface area contributed by atoms with Crippen molar-refractivity contribution in [2.75, 3.05) is 6.54 Å². The van der Waals surface area contributed by atoms with E-state index in [1.807, 2.05) is 0 Å². The van der Waals surface area contributed by atoms with Crippen molar-refractivity contribution in [2.24, 2.45) is 5.92 Å². The third-order valence-electron chi connectivity index (χ3n) is 3.72. The van der Waals surface area contributed by atoms with Crippen LogP contribution in [-0.2, 0) is 4.79 Å². The highest BCUT2D eigenvalue weighted by Gasteiger charge is 2.38. The second-order valence-electron chi connectivity index (χ2n) is 5.02. The summed E-state index contributed by atoms with van der Waals surface area (Å²) in [6.07, 6.45) is 4.45. The van der Waals surface area contributed by atoms with Crippen molar-refractivity contribution in [3.63, 3.8) is 0 Å². The summed E-state index contributed by atoms with van der Waals surface area (Å²) >= 11 is 3.45. The summed E-state index contributed by atoms with van der Waals surface area (Å²) in [4.78, 5) is 14.3. The molecule has 2 nitrogen and oxygen atoms in total. The Hall–Kier alpha value is -0.830. The minimum atomic E-state index is 0.316. The van der Waals surface area contributed by atoms with Gasteiger partial charge in [-0.1, -0.05) is 28.1 Å². The van der Waals surface area contributed by atoms with E-state index in [1.165, 1.54) is 5.56 Å². The Balaban J connectivity index is 1.81. The van der Waals surface area contributed by atoms with E-state index < -0.39 is 0 Å². The van der Waals surface area contributed by atoms with Crippen LogP contribution < -0.4 is 0 Å². The van der Waals surface area contributed by atoms with E-state index in [0.717, 1.165) is 36.7 Å². The normalized spacial score (nSPS) is 24.1. The van der Waals surface area contributed by atoms with Gasteiger partial charge in [0.15, 0.2) is 0 Å². The summed E-state index contributed by atoms with van der Waals surface area (Å²) in [6, 6.07) is 8.71. The molecule has 1 aromatic rings. The summed E-state index contributed by atoms with van der Waals surface area (Å²) in [5.41, 5.74) is 1.28. The molecule has 2 fully saturated rings. The maximum Gasteiger partial charge on any atom is 0.226 e. The maximum atomic E-state index is 12.2. The number of halogens is 1. The number of carbonyl (C=O) groups is 1. The number of likely N-dealkylation sites (tertiary alicyclic amines) is 1. The van der Waals surface area contributed by atoms with Gasteiger partial charge in [-0.15, -0.1) is 0 Å². The lowest BCUT2D eigenvalue weighted by atomic mass is 10.0. The molecule has 0 radical (unpaired) electrons. The van der Waals surface area contributed by atoms with Crippen LogP contribution in [0.25, 0.3) is 0 Å². The largest absolute Gasteiger partial charge is 0.335 e. The number of hydrogen-bond donors (Lipinski definition) is 0. The Labute approximate surface area is 110 Å². The monoisotopic (exact) mass is 293 g/mol. The quantitative estimate of drug-likeness (QED) is 0.817. The molecule has 1 saturated carbocycles. The Morgan fingerprint density at radius 3 is 2.53 bits per heavy atom. The highest BCUT2D eigenvalue weighted by Crippen LogP contribution is 2.38. The topological polar surface area (TPSA) is 20.3 Å². The number of carbonyl (C=O) groups excluding carboxylic acids is 1. The minimum Gasteiger partial charge on any atom is -0.335 e. The smallest absolute Gasteiger partial charge is 0.226 e. The van der Waals surface area contributed by atoms with Crippen LogP contribution in [0.5, 0.6) is 0 Å². The van der Waals surface area contributed by atoms with Crippen molar-refractivity contribution < 1.29 is 4.79 Å². The molecule has 3 rings (SSSR count). The van der Waals surface area contributed by atoms with Crippen LogP contribution in [0.3, 0.4) is 0 Å². The van der Waals surface area contributed by atoms with Gasteiger partial charge in [0.25, 0.3) is 0 Å². The van der Waals surface area contributed by atoms with E-state index in [4.69, 9.17) is 0 Å². The Morgan fingerprint density at radius 1 is 1.18 bits per heavy atom. The van der Waals surface area contributed by atoms with E-state index in [2.05, 4.69) is 45.1 Å². The minimum absolute atomic E-state index is 0.316. The molecule has 0 N–H and O–H groups in total. The van der Waals surface area contributed by atoms with Gasteiger partial charge < -0.3 is 4.90 Å². The number of benzene rings is 1. The van der Waals surface area contributed by atoms with Crippen LogP contribution in [0, 0.1) is 5.92 Å². The molecule has 0 bridgehead atoms. The first-order valence-corrected chi connectivity index (χ1v) is 7.11. The van der Waals surface area contributed by atoms with Crippen LogP contribution in [0.4, 0.5) is 0 Å². The van der Waals surface area contributed by atoms with Crippen molar-refractivity contribution in [3.05, 3.63) is 34.3 Å². The SMILES string of the molecule is O=C(C1CC1)N1CCCC1c1ccc(Br)cc1. The van der Waals surface area contributed by atoms with Gasteiger partial charge in [0.05, 0.1) is 6.04 Å². The van der Waals surface area contributed by atoms with Gasteiger partial charge in [0.1, 0.15) is 0 Å². The second-order valence-corrected chi connectivity index (χ2v) is 5.93. The number of nitrogens with zero attached hydrogens (tertiary/aromatic N) is 1. The standard InChI is InChI=1S/C14H16BrNO/c15-12-7-5-10(6-8-12)13-2-1-9-16(13)14(17)11-3-4-11/h5-8,11,13H,1-4,9H2.